The van der Waals surface area contributed by atoms with Gasteiger partial charge in [0.15, 0.2) is 0 Å². The van der Waals surface area contributed by atoms with Crippen LogP contribution in [0, 0.1) is 5.41 Å². The number of rotatable bonds is 2. The zero-order chi connectivity index (χ0) is 14.7. The number of nitrogens with one attached hydrogen (secondary N) is 2. The zero-order valence-electron chi connectivity index (χ0n) is 11.9. The molecule has 1 rings (SSSR count). The minimum atomic E-state index is -1.49. The molecule has 0 saturated carbocycles. The van der Waals surface area contributed by atoms with Gasteiger partial charge in [0, 0.05) is 5.41 Å². The van der Waals surface area contributed by atoms with Crippen LogP contribution in [0.15, 0.2) is 0 Å². The molecule has 1 amide bonds. The van der Waals surface area contributed by atoms with E-state index in [0.29, 0.717) is 0 Å². The Kier molecular flexibility index (Phi) is 6.25. The molecule has 1 saturated heterocycles. The number of alkyl halides is 3. The van der Waals surface area contributed by atoms with E-state index in [2.05, 4.69) is 5.32 Å². The highest BCUT2D eigenvalue weighted by Crippen LogP contribution is 2.28. The van der Waals surface area contributed by atoms with Gasteiger partial charge in [-0.1, -0.05) is 55.6 Å². The lowest BCUT2D eigenvalue weighted by molar-refractivity contribution is -0.926. The van der Waals surface area contributed by atoms with Gasteiger partial charge >= 0.3 is 0 Å². The van der Waals surface area contributed by atoms with Crippen LogP contribution in [0.4, 0.5) is 0 Å². The third kappa shape index (κ3) is 5.66. The van der Waals surface area contributed by atoms with Crippen molar-refractivity contribution in [2.75, 3.05) is 13.1 Å². The minimum absolute atomic E-state index is 0.0828. The van der Waals surface area contributed by atoms with Crippen molar-refractivity contribution in [1.29, 1.82) is 0 Å². The molecule has 0 radical (unpaired) electrons. The summed E-state index contributed by atoms with van der Waals surface area (Å²) < 4.78 is -1.49. The quantitative estimate of drug-likeness (QED) is 0.749. The summed E-state index contributed by atoms with van der Waals surface area (Å²) in [6.07, 6.45) is 4.16. The van der Waals surface area contributed by atoms with E-state index in [4.69, 9.17) is 34.8 Å². The Morgan fingerprint density at radius 3 is 1.89 bits per heavy atom. The highest BCUT2D eigenvalue weighted by Gasteiger charge is 2.43. The highest BCUT2D eigenvalue weighted by molar-refractivity contribution is 6.68. The third-order valence-electron chi connectivity index (χ3n) is 3.44. The summed E-state index contributed by atoms with van der Waals surface area (Å²) in [6, 6.07) is 0. The maximum absolute atomic E-state index is 12.1. The topological polar surface area (TPSA) is 33.5 Å². The van der Waals surface area contributed by atoms with Gasteiger partial charge in [-0.15, -0.1) is 0 Å². The van der Waals surface area contributed by atoms with Gasteiger partial charge in [0.1, 0.15) is 0 Å². The second kappa shape index (κ2) is 6.84. The molecule has 0 spiro atoms. The Bertz CT molecular complexity index is 302. The fraction of sp³-hybridized carbons (Fsp3) is 0.923. The smallest absolute Gasteiger partial charge is 0.262 e. The second-order valence-corrected chi connectivity index (χ2v) is 8.64. The molecule has 112 valence electrons. The van der Waals surface area contributed by atoms with Crippen LogP contribution in [0.3, 0.4) is 0 Å². The SMILES string of the molecule is CC(C)(C)C(=O)N[C@H]([NH+]1CCCCCC1)C(Cl)(Cl)Cl. The number of amides is 1. The molecule has 0 aromatic heterocycles. The van der Waals surface area contributed by atoms with E-state index < -0.39 is 15.4 Å². The average molecular weight is 331 g/mol. The lowest BCUT2D eigenvalue weighted by Gasteiger charge is -2.34. The van der Waals surface area contributed by atoms with E-state index in [9.17, 15) is 4.79 Å². The molecule has 1 atom stereocenters. The number of carbonyl (C=O) groups excluding carboxylic acids is 1. The first-order chi connectivity index (χ1) is 8.62. The van der Waals surface area contributed by atoms with Crippen LogP contribution in [0.25, 0.3) is 0 Å². The molecule has 1 aliphatic heterocycles. The highest BCUT2D eigenvalue weighted by atomic mass is 35.6. The minimum Gasteiger partial charge on any atom is -0.312 e. The van der Waals surface area contributed by atoms with Crippen LogP contribution < -0.4 is 10.2 Å². The lowest BCUT2D eigenvalue weighted by Crippen LogP contribution is -3.19. The summed E-state index contributed by atoms with van der Waals surface area (Å²) in [5.41, 5.74) is -0.487. The Morgan fingerprint density at radius 2 is 1.53 bits per heavy atom. The van der Waals surface area contributed by atoms with Crippen molar-refractivity contribution in [3.8, 4) is 0 Å². The fourth-order valence-electron chi connectivity index (χ4n) is 2.23. The van der Waals surface area contributed by atoms with Crippen LogP contribution >= 0.6 is 34.8 Å². The van der Waals surface area contributed by atoms with Gasteiger partial charge < -0.3 is 10.2 Å². The average Bonchev–Trinajstić information content (AvgIpc) is 2.50. The van der Waals surface area contributed by atoms with E-state index in [1.54, 1.807) is 0 Å². The maximum Gasteiger partial charge on any atom is 0.262 e. The molecule has 0 unspecified atom stereocenters. The molecule has 0 bridgehead atoms. The van der Waals surface area contributed by atoms with E-state index in [-0.39, 0.29) is 5.91 Å². The van der Waals surface area contributed by atoms with Crippen molar-refractivity contribution in [3.05, 3.63) is 0 Å². The van der Waals surface area contributed by atoms with Gasteiger partial charge in [0.05, 0.1) is 13.1 Å². The molecule has 1 aliphatic rings. The standard InChI is InChI=1S/C13H23Cl3N2O/c1-12(2,3)11(19)17-10(13(14,15)16)18-8-6-4-5-7-9-18/h10H,4-9H2,1-3H3,(H,17,19)/p+1/t10-/m1/s1. The summed E-state index contributed by atoms with van der Waals surface area (Å²) in [4.78, 5) is 13.3. The predicted octanol–water partition coefficient (Wildman–Crippen LogP) is 2.30. The number of hydrogen-bond acceptors (Lipinski definition) is 1. The van der Waals surface area contributed by atoms with Crippen molar-refractivity contribution in [2.45, 2.75) is 56.4 Å². The molecule has 0 aromatic carbocycles. The van der Waals surface area contributed by atoms with Crippen LogP contribution in [0.1, 0.15) is 46.5 Å². The molecule has 0 aromatic rings. The van der Waals surface area contributed by atoms with E-state index in [0.717, 1.165) is 30.8 Å². The van der Waals surface area contributed by atoms with Crippen molar-refractivity contribution >= 4 is 40.7 Å². The number of halogens is 3. The van der Waals surface area contributed by atoms with Crippen LogP contribution in [0.2, 0.25) is 0 Å². The van der Waals surface area contributed by atoms with Crippen LogP contribution in [0.5, 0.6) is 0 Å². The molecule has 6 heteroatoms. The van der Waals surface area contributed by atoms with Crippen molar-refractivity contribution in [1.82, 2.24) is 5.32 Å². The Morgan fingerprint density at radius 1 is 1.05 bits per heavy atom. The van der Waals surface area contributed by atoms with E-state index >= 15 is 0 Å². The first-order valence-electron chi connectivity index (χ1n) is 6.84. The molecule has 2 N–H and O–H groups in total. The number of likely N-dealkylation sites (tertiary alicyclic amines) is 1. The maximum atomic E-state index is 12.1. The van der Waals surface area contributed by atoms with Gasteiger partial charge in [-0.25, -0.2) is 0 Å². The summed E-state index contributed by atoms with van der Waals surface area (Å²) in [6.45, 7) is 7.44. The van der Waals surface area contributed by atoms with Gasteiger partial charge in [-0.3, -0.25) is 4.79 Å². The van der Waals surface area contributed by atoms with E-state index in [1.807, 2.05) is 20.8 Å². The normalized spacial score (nSPS) is 20.7. The van der Waals surface area contributed by atoms with Crippen molar-refractivity contribution < 1.29 is 9.69 Å². The Labute approximate surface area is 130 Å². The summed E-state index contributed by atoms with van der Waals surface area (Å²) in [5.74, 6) is -0.0828. The predicted molar refractivity (Wildman–Crippen MR) is 80.8 cm³/mol. The van der Waals surface area contributed by atoms with Gasteiger partial charge in [-0.2, -0.15) is 0 Å². The van der Waals surface area contributed by atoms with E-state index in [1.165, 1.54) is 12.8 Å². The number of quaternary nitrogens is 1. The van der Waals surface area contributed by atoms with Crippen molar-refractivity contribution in [2.24, 2.45) is 5.41 Å². The molecule has 3 nitrogen and oxygen atoms in total. The third-order valence-corrected chi connectivity index (χ3v) is 4.09. The van der Waals surface area contributed by atoms with Gasteiger partial charge in [-0.05, 0) is 25.7 Å². The Hall–Kier alpha value is 0.300. The first-order valence-corrected chi connectivity index (χ1v) is 7.98. The molecule has 19 heavy (non-hydrogen) atoms. The molecular formula is C13H24Cl3N2O+. The number of carbonyl (C=O) groups is 1. The fourth-order valence-corrected chi connectivity index (χ4v) is 2.86. The van der Waals surface area contributed by atoms with Crippen molar-refractivity contribution in [3.63, 3.8) is 0 Å². The largest absolute Gasteiger partial charge is 0.312 e. The Balaban J connectivity index is 2.80. The monoisotopic (exact) mass is 329 g/mol. The van der Waals surface area contributed by atoms with Crippen LogP contribution in [-0.4, -0.2) is 29.0 Å². The van der Waals surface area contributed by atoms with Gasteiger partial charge in [0.2, 0.25) is 12.1 Å². The second-order valence-electron chi connectivity index (χ2n) is 6.27. The number of hydrogen-bond donors (Lipinski definition) is 2. The lowest BCUT2D eigenvalue weighted by atomic mass is 9.95. The summed E-state index contributed by atoms with van der Waals surface area (Å²) >= 11 is 18.2. The summed E-state index contributed by atoms with van der Waals surface area (Å²) in [5, 5.41) is 2.92. The zero-order valence-corrected chi connectivity index (χ0v) is 14.1. The van der Waals surface area contributed by atoms with Gasteiger partial charge in [0.25, 0.3) is 3.79 Å². The molecule has 1 fully saturated rings. The molecular weight excluding hydrogens is 307 g/mol. The summed E-state index contributed by atoms with van der Waals surface area (Å²) in [7, 11) is 0. The van der Waals surface area contributed by atoms with Crippen LogP contribution in [-0.2, 0) is 4.79 Å². The first kappa shape index (κ1) is 17.4. The molecule has 1 heterocycles. The molecule has 0 aliphatic carbocycles.